The zero-order chi connectivity index (χ0) is 54.4. The summed E-state index contributed by atoms with van der Waals surface area (Å²) in [6, 6.07) is -1.22. The lowest BCUT2D eigenvalue weighted by molar-refractivity contribution is -0.265. The van der Waals surface area contributed by atoms with E-state index >= 15 is 0 Å². The molecule has 412 valence electrons. The number of nitrogens with zero attached hydrogens (tertiary/aromatic N) is 1. The van der Waals surface area contributed by atoms with Crippen molar-refractivity contribution in [3.8, 4) is 0 Å². The molecule has 0 radical (unpaired) electrons. The SMILES string of the molecule is CO[C@@H]1C[C@H](C[C@@H](C)[C@@H]2CC(=O)[C@H](C)/C=C(\C)[C@@H](O)[C@@H](CO)C(=O)[C@H](C)C[C@H](C)/C=C/C=C/C=C(\C)[C@@H](CO)C[C@@H]3CC[C@@H](C)[C@@](O)(O3)C(=O)C(=O)N3CCCC[C@H]3C(=O)O2)CC[C@H]1OC(=O)C(C)(CO)CO. The summed E-state index contributed by atoms with van der Waals surface area (Å²) in [6.45, 7) is 11.6. The van der Waals surface area contributed by atoms with E-state index in [1.54, 1.807) is 33.8 Å². The third-order valence-electron chi connectivity index (χ3n) is 16.2. The topological polar surface area (TPSA) is 264 Å². The van der Waals surface area contributed by atoms with Crippen LogP contribution in [0.5, 0.6) is 0 Å². The van der Waals surface area contributed by atoms with Crippen molar-refractivity contribution in [2.75, 3.05) is 40.1 Å². The van der Waals surface area contributed by atoms with Crippen LogP contribution in [0.1, 0.15) is 132 Å². The van der Waals surface area contributed by atoms with Crippen LogP contribution in [0.15, 0.2) is 47.6 Å². The summed E-state index contributed by atoms with van der Waals surface area (Å²) >= 11 is 0. The average molecular weight is 1030 g/mol. The maximum atomic E-state index is 14.5. The van der Waals surface area contributed by atoms with Crippen LogP contribution in [0.25, 0.3) is 0 Å². The number of hydrogen-bond donors (Lipinski definition) is 6. The van der Waals surface area contributed by atoms with Crippen molar-refractivity contribution < 1.29 is 78.4 Å². The zero-order valence-corrected chi connectivity index (χ0v) is 44.8. The van der Waals surface area contributed by atoms with Crippen LogP contribution in [0.2, 0.25) is 0 Å². The van der Waals surface area contributed by atoms with Crippen molar-refractivity contribution in [1.82, 2.24) is 4.90 Å². The van der Waals surface area contributed by atoms with Crippen molar-refractivity contribution >= 4 is 35.2 Å². The van der Waals surface area contributed by atoms with Crippen molar-refractivity contribution in [3.05, 3.63) is 47.6 Å². The third kappa shape index (κ3) is 16.0. The van der Waals surface area contributed by atoms with Gasteiger partial charge in [0.15, 0.2) is 0 Å². The van der Waals surface area contributed by atoms with E-state index in [9.17, 15) is 59.4 Å². The minimum absolute atomic E-state index is 0.0249. The second kappa shape index (κ2) is 28.3. The number of piperidine rings is 1. The number of ketones is 3. The highest BCUT2D eigenvalue weighted by Crippen LogP contribution is 2.39. The predicted octanol–water partition coefficient (Wildman–Crippen LogP) is 4.91. The Balaban J connectivity index is 1.69. The van der Waals surface area contributed by atoms with E-state index in [0.717, 1.165) is 10.5 Å². The number of Topliss-reactive ketones (excluding diaryl/α,β-unsaturated/α-hetero) is 3. The Kier molecular flexibility index (Phi) is 23.9. The average Bonchev–Trinajstić information content (AvgIpc) is 3.37. The number of esters is 2. The molecule has 0 aromatic carbocycles. The van der Waals surface area contributed by atoms with Gasteiger partial charge in [-0.25, -0.2) is 4.79 Å². The molecule has 4 rings (SSSR count). The van der Waals surface area contributed by atoms with Gasteiger partial charge in [-0.05, 0) is 115 Å². The Hall–Kier alpha value is -3.94. The molecule has 6 N–H and O–H groups in total. The molecular formula is C56H87NO16. The summed E-state index contributed by atoms with van der Waals surface area (Å²) in [5.41, 5.74) is -0.365. The highest BCUT2D eigenvalue weighted by Gasteiger charge is 2.53. The van der Waals surface area contributed by atoms with Crippen LogP contribution < -0.4 is 0 Å². The second-order valence-corrected chi connectivity index (χ2v) is 22.1. The normalized spacial score (nSPS) is 37.4. The Morgan fingerprint density at radius 3 is 2.22 bits per heavy atom. The van der Waals surface area contributed by atoms with E-state index in [4.69, 9.17) is 18.9 Å². The molecule has 0 aromatic heterocycles. The molecule has 17 nitrogen and oxygen atoms in total. The highest BCUT2D eigenvalue weighted by atomic mass is 16.6. The van der Waals surface area contributed by atoms with Crippen LogP contribution >= 0.6 is 0 Å². The molecule has 73 heavy (non-hydrogen) atoms. The number of aliphatic hydroxyl groups is 6. The van der Waals surface area contributed by atoms with Gasteiger partial charge in [0.2, 0.25) is 5.79 Å². The molecule has 0 spiro atoms. The Labute approximate surface area is 432 Å². The van der Waals surface area contributed by atoms with Crippen LogP contribution in [-0.4, -0.2) is 153 Å². The maximum Gasteiger partial charge on any atom is 0.329 e. The summed E-state index contributed by atoms with van der Waals surface area (Å²) in [4.78, 5) is 85.2. The Morgan fingerprint density at radius 1 is 0.877 bits per heavy atom. The van der Waals surface area contributed by atoms with Crippen molar-refractivity contribution in [2.24, 2.45) is 52.8 Å². The van der Waals surface area contributed by atoms with Crippen molar-refractivity contribution in [1.29, 1.82) is 0 Å². The number of allylic oxidation sites excluding steroid dienone is 6. The van der Waals surface area contributed by atoms with Crippen LogP contribution in [0.3, 0.4) is 0 Å². The molecule has 4 aliphatic rings. The highest BCUT2D eigenvalue weighted by molar-refractivity contribution is 6.39. The largest absolute Gasteiger partial charge is 0.460 e. The van der Waals surface area contributed by atoms with E-state index in [0.29, 0.717) is 63.4 Å². The van der Waals surface area contributed by atoms with E-state index in [-0.39, 0.29) is 55.8 Å². The molecule has 17 heteroatoms. The molecule has 15 atom stereocenters. The number of amides is 1. The molecule has 2 bridgehead atoms. The fourth-order valence-electron chi connectivity index (χ4n) is 10.8. The van der Waals surface area contributed by atoms with Crippen LogP contribution in [-0.2, 0) is 47.7 Å². The first-order chi connectivity index (χ1) is 34.5. The van der Waals surface area contributed by atoms with Gasteiger partial charge in [-0.15, -0.1) is 0 Å². The molecule has 1 saturated carbocycles. The number of carbonyl (C=O) groups is 6. The lowest BCUT2D eigenvalue weighted by Gasteiger charge is -2.43. The number of ether oxygens (including phenoxy) is 4. The first kappa shape index (κ1) is 61.6. The van der Waals surface area contributed by atoms with E-state index in [2.05, 4.69) is 0 Å². The lowest BCUT2D eigenvalue weighted by Crippen LogP contribution is -2.60. The summed E-state index contributed by atoms with van der Waals surface area (Å²) < 4.78 is 23.9. The van der Waals surface area contributed by atoms with Gasteiger partial charge in [-0.3, -0.25) is 24.0 Å². The van der Waals surface area contributed by atoms with E-state index < -0.39 is 127 Å². The molecule has 3 aliphatic heterocycles. The number of hydrogen-bond acceptors (Lipinski definition) is 16. The summed E-state index contributed by atoms with van der Waals surface area (Å²) in [5.74, 6) is -11.3. The van der Waals surface area contributed by atoms with Gasteiger partial charge in [0.25, 0.3) is 11.7 Å². The molecular weight excluding hydrogens is 943 g/mol. The number of rotatable bonds is 10. The number of aliphatic hydroxyl groups excluding tert-OH is 5. The summed E-state index contributed by atoms with van der Waals surface area (Å²) in [5, 5.41) is 63.8. The first-order valence-corrected chi connectivity index (χ1v) is 26.6. The fraction of sp³-hybridized carbons (Fsp3) is 0.750. The van der Waals surface area contributed by atoms with Gasteiger partial charge in [0.05, 0.1) is 44.1 Å². The van der Waals surface area contributed by atoms with E-state index in [1.807, 2.05) is 51.2 Å². The summed E-state index contributed by atoms with van der Waals surface area (Å²) in [6.07, 6.45) is 10.7. The standard InChI is InChI=1S/C56H87NO16/c1-33-15-11-10-12-16-34(2)41(29-58)27-42-20-18-39(7)56(69,73-42)51(65)52(66)57-22-14-13-17-44(57)53(67)71-47(28-45(62)35(3)24-38(6)50(64)43(30-59)49(63)37(5)23-33)36(4)25-40-19-21-46(48(26-40)70-9)72-54(68)55(8,31-60)32-61/h10-12,15-16,24,33,35-37,39-44,46-48,50,58-61,64,69H,13-14,17-23,25-32H2,1-9H3/b12-10+,15-11+,34-16+,38-24+/t33-,35-,36-,37-,39-,40+,41-,42+,43+,44+,46-,47+,48-,50-,56-/m1/s1. The van der Waals surface area contributed by atoms with E-state index in [1.165, 1.54) is 14.0 Å². The molecule has 1 amide bonds. The predicted molar refractivity (Wildman–Crippen MR) is 271 cm³/mol. The monoisotopic (exact) mass is 1030 g/mol. The van der Waals surface area contributed by atoms with Gasteiger partial charge in [-0.2, -0.15) is 0 Å². The number of methoxy groups -OCH3 is 1. The second-order valence-electron chi connectivity index (χ2n) is 22.1. The molecule has 2 saturated heterocycles. The molecule has 0 unspecified atom stereocenters. The Bertz CT molecular complexity index is 2010. The van der Waals surface area contributed by atoms with Crippen molar-refractivity contribution in [3.63, 3.8) is 0 Å². The zero-order valence-electron chi connectivity index (χ0n) is 44.8. The summed E-state index contributed by atoms with van der Waals surface area (Å²) in [7, 11) is 1.50. The molecule has 1 aliphatic carbocycles. The van der Waals surface area contributed by atoms with Crippen LogP contribution in [0.4, 0.5) is 0 Å². The number of carbonyl (C=O) groups excluding carboxylic acids is 6. The van der Waals surface area contributed by atoms with Gasteiger partial charge in [0, 0.05) is 50.4 Å². The Morgan fingerprint density at radius 2 is 1.58 bits per heavy atom. The molecule has 3 heterocycles. The van der Waals surface area contributed by atoms with Crippen LogP contribution in [0, 0.1) is 52.8 Å². The number of fused-ring (bicyclic) bond motifs is 3. The third-order valence-corrected chi connectivity index (χ3v) is 16.2. The molecule has 3 fully saturated rings. The number of cyclic esters (lactones) is 1. The van der Waals surface area contributed by atoms with Gasteiger partial charge in [-0.1, -0.05) is 76.6 Å². The smallest absolute Gasteiger partial charge is 0.329 e. The maximum absolute atomic E-state index is 14.5. The quantitative estimate of drug-likeness (QED) is 0.0965. The van der Waals surface area contributed by atoms with Crippen molar-refractivity contribution in [2.45, 2.75) is 175 Å². The fourth-order valence-corrected chi connectivity index (χ4v) is 10.8. The van der Waals surface area contributed by atoms with Gasteiger partial charge >= 0.3 is 11.9 Å². The molecule has 0 aromatic rings. The van der Waals surface area contributed by atoms with Gasteiger partial charge in [0.1, 0.15) is 35.2 Å². The minimum Gasteiger partial charge on any atom is -0.460 e. The lowest BCUT2D eigenvalue weighted by atomic mass is 9.78. The minimum atomic E-state index is -2.50. The van der Waals surface area contributed by atoms with Gasteiger partial charge < -0.3 is 54.5 Å². The first-order valence-electron chi connectivity index (χ1n) is 26.6.